The van der Waals surface area contributed by atoms with E-state index < -0.39 is 36.0 Å². The Morgan fingerprint density at radius 2 is 0.912 bits per heavy atom. The van der Waals surface area contributed by atoms with Crippen LogP contribution in [0.1, 0.15) is 24.0 Å². The molecule has 0 aliphatic heterocycles. The second kappa shape index (κ2) is 17.7. The molecule has 2 rings (SSSR count). The Hall–Kier alpha value is -3.84. The summed E-state index contributed by atoms with van der Waals surface area (Å²) in [6.45, 7) is 0. The molecule has 0 aromatic heterocycles. The topological polar surface area (TPSA) is 225 Å². The van der Waals surface area contributed by atoms with Crippen molar-refractivity contribution in [3.63, 3.8) is 0 Å². The zero-order valence-corrected chi connectivity index (χ0v) is 18.3. The Labute approximate surface area is 196 Å². The van der Waals surface area contributed by atoms with Gasteiger partial charge < -0.3 is 20.4 Å². The third kappa shape index (κ3) is 15.0. The van der Waals surface area contributed by atoms with E-state index in [9.17, 15) is 19.2 Å². The summed E-state index contributed by atoms with van der Waals surface area (Å²) in [4.78, 5) is 40.5. The van der Waals surface area contributed by atoms with E-state index in [1.54, 1.807) is 0 Å². The third-order valence-electron chi connectivity index (χ3n) is 4.12. The van der Waals surface area contributed by atoms with Crippen LogP contribution in [-0.2, 0) is 32.0 Å². The van der Waals surface area contributed by atoms with Gasteiger partial charge in [0.25, 0.3) is 0 Å². The van der Waals surface area contributed by atoms with Crippen LogP contribution >= 0.6 is 0 Å². The predicted molar refractivity (Wildman–Crippen MR) is 122 cm³/mol. The van der Waals surface area contributed by atoms with Gasteiger partial charge in [0.05, 0.1) is 12.8 Å². The van der Waals surface area contributed by atoms with Crippen LogP contribution in [0.15, 0.2) is 60.7 Å². The normalized spacial score (nSPS) is 11.5. The number of nitrogens with two attached hydrogens (primary N) is 2. The summed E-state index contributed by atoms with van der Waals surface area (Å²) in [7, 11) is 0. The van der Waals surface area contributed by atoms with Crippen molar-refractivity contribution in [2.75, 3.05) is 0 Å². The molecule has 0 aliphatic rings. The van der Waals surface area contributed by atoms with E-state index in [1.165, 1.54) is 0 Å². The molecule has 0 heterocycles. The largest absolute Gasteiger partial charge is 0.481 e. The van der Waals surface area contributed by atoms with Crippen molar-refractivity contribution < 1.29 is 39.6 Å². The van der Waals surface area contributed by atoms with Gasteiger partial charge in [-0.1, -0.05) is 60.7 Å². The molecule has 10 N–H and O–H groups in total. The molecule has 0 radical (unpaired) electrons. The van der Waals surface area contributed by atoms with Gasteiger partial charge in [-0.05, 0) is 24.0 Å². The van der Waals surface area contributed by atoms with Crippen LogP contribution in [0, 0.1) is 0 Å². The molecule has 0 saturated heterocycles. The first-order chi connectivity index (χ1) is 16.1. The maximum atomic E-state index is 10.6. The Balaban J connectivity index is 0.000000497. The number of hydrogen-bond donors (Lipinski definition) is 8. The summed E-state index contributed by atoms with van der Waals surface area (Å²) in [5.41, 5.74) is 6.40. The lowest BCUT2D eigenvalue weighted by molar-refractivity contribution is -0.143. The minimum Gasteiger partial charge on any atom is -0.481 e. The van der Waals surface area contributed by atoms with E-state index in [2.05, 4.69) is 10.9 Å². The van der Waals surface area contributed by atoms with Gasteiger partial charge in [0.2, 0.25) is 0 Å². The second-order valence-corrected chi connectivity index (χ2v) is 6.78. The van der Waals surface area contributed by atoms with Crippen molar-refractivity contribution in [1.29, 1.82) is 0 Å². The summed E-state index contributed by atoms with van der Waals surface area (Å²) >= 11 is 0. The molecule has 0 unspecified atom stereocenters. The molecular weight excluding hydrogens is 448 g/mol. The van der Waals surface area contributed by atoms with E-state index in [4.69, 9.17) is 32.1 Å². The molecule has 0 aliphatic carbocycles. The molecule has 12 nitrogen and oxygen atoms in total. The van der Waals surface area contributed by atoms with Gasteiger partial charge in [0.1, 0.15) is 12.1 Å². The highest BCUT2D eigenvalue weighted by Crippen LogP contribution is 2.03. The van der Waals surface area contributed by atoms with Crippen LogP contribution in [0.4, 0.5) is 0 Å². The fourth-order valence-electron chi connectivity index (χ4n) is 2.35. The SMILES string of the molecule is NN[C@@H](Cc1ccccc1)C(=O)O.NN[C@@H](Cc1ccccc1)C(=O)O.O=C(O)CCC(=O)O. The lowest BCUT2D eigenvalue weighted by Gasteiger charge is -2.09. The van der Waals surface area contributed by atoms with Gasteiger partial charge in [-0.3, -0.25) is 30.9 Å². The Bertz CT molecular complexity index is 807. The Morgan fingerprint density at radius 3 is 1.12 bits per heavy atom. The lowest BCUT2D eigenvalue weighted by Crippen LogP contribution is -2.42. The number of carboxylic acid groups (broad SMARTS) is 4. The molecule has 2 aromatic carbocycles. The first-order valence-corrected chi connectivity index (χ1v) is 10.00. The van der Waals surface area contributed by atoms with E-state index in [-0.39, 0.29) is 12.8 Å². The number of hydrogen-bond acceptors (Lipinski definition) is 8. The van der Waals surface area contributed by atoms with Gasteiger partial charge in [0.15, 0.2) is 0 Å². The smallest absolute Gasteiger partial charge is 0.322 e. The van der Waals surface area contributed by atoms with Gasteiger partial charge in [-0.15, -0.1) is 0 Å². The molecule has 0 bridgehead atoms. The summed E-state index contributed by atoms with van der Waals surface area (Å²) in [6.07, 6.45) is 0.198. The van der Waals surface area contributed by atoms with Gasteiger partial charge >= 0.3 is 23.9 Å². The standard InChI is InChI=1S/2C9H12N2O2.C4H6O4/c2*10-11-8(9(12)13)6-7-4-2-1-3-5-7;5-3(6)1-2-4(7)8/h2*1-5,8,11H,6,10H2,(H,12,13);1-2H2,(H,5,6)(H,7,8)/t2*8-;/m00./s1. The van der Waals surface area contributed by atoms with Crippen LogP contribution in [0.25, 0.3) is 0 Å². The van der Waals surface area contributed by atoms with E-state index in [0.717, 1.165) is 11.1 Å². The quantitative estimate of drug-likeness (QED) is 0.160. The molecule has 2 atom stereocenters. The molecule has 12 heteroatoms. The highest BCUT2D eigenvalue weighted by Gasteiger charge is 2.15. The number of hydrazine groups is 2. The van der Waals surface area contributed by atoms with Crippen molar-refractivity contribution in [3.05, 3.63) is 71.8 Å². The highest BCUT2D eigenvalue weighted by atomic mass is 16.4. The van der Waals surface area contributed by atoms with Crippen LogP contribution in [0.3, 0.4) is 0 Å². The number of rotatable bonds is 11. The average Bonchev–Trinajstić information content (AvgIpc) is 2.81. The molecule has 0 saturated carbocycles. The summed E-state index contributed by atoms with van der Waals surface area (Å²) in [5, 5.41) is 33.2. The molecule has 0 fully saturated rings. The maximum Gasteiger partial charge on any atom is 0.322 e. The van der Waals surface area contributed by atoms with Crippen LogP contribution in [0.2, 0.25) is 0 Å². The monoisotopic (exact) mass is 478 g/mol. The molecular formula is C22H30N4O8. The van der Waals surface area contributed by atoms with Crippen LogP contribution in [0.5, 0.6) is 0 Å². The number of aliphatic carboxylic acids is 4. The molecule has 2 aromatic rings. The van der Waals surface area contributed by atoms with Crippen molar-refractivity contribution in [2.24, 2.45) is 11.7 Å². The van der Waals surface area contributed by atoms with Crippen molar-refractivity contribution in [2.45, 2.75) is 37.8 Å². The molecule has 186 valence electrons. The van der Waals surface area contributed by atoms with Crippen molar-refractivity contribution >= 4 is 23.9 Å². The zero-order valence-electron chi connectivity index (χ0n) is 18.3. The van der Waals surface area contributed by atoms with E-state index >= 15 is 0 Å². The summed E-state index contributed by atoms with van der Waals surface area (Å²) < 4.78 is 0. The summed E-state index contributed by atoms with van der Waals surface area (Å²) in [6, 6.07) is 17.3. The number of nitrogens with one attached hydrogen (secondary N) is 2. The number of carboxylic acids is 4. The third-order valence-corrected chi connectivity index (χ3v) is 4.12. The van der Waals surface area contributed by atoms with E-state index in [1.807, 2.05) is 60.7 Å². The highest BCUT2D eigenvalue weighted by molar-refractivity contribution is 5.75. The Morgan fingerprint density at radius 1 is 0.618 bits per heavy atom. The lowest BCUT2D eigenvalue weighted by atomic mass is 10.1. The number of benzene rings is 2. The molecule has 0 amide bonds. The maximum absolute atomic E-state index is 10.6. The van der Waals surface area contributed by atoms with Crippen LogP contribution in [-0.4, -0.2) is 56.4 Å². The first-order valence-electron chi connectivity index (χ1n) is 10.00. The van der Waals surface area contributed by atoms with E-state index in [0.29, 0.717) is 12.8 Å². The minimum absolute atomic E-state index is 0.296. The van der Waals surface area contributed by atoms with Crippen molar-refractivity contribution in [3.8, 4) is 0 Å². The fraction of sp³-hybridized carbons (Fsp3) is 0.273. The zero-order chi connectivity index (χ0) is 25.9. The molecule has 0 spiro atoms. The predicted octanol–water partition coefficient (Wildman–Crippen LogP) is 0.227. The minimum atomic E-state index is -1.08. The van der Waals surface area contributed by atoms with Crippen molar-refractivity contribution in [1.82, 2.24) is 10.9 Å². The first kappa shape index (κ1) is 30.2. The number of carbonyl (C=O) groups is 4. The van der Waals surface area contributed by atoms with Crippen LogP contribution < -0.4 is 22.5 Å². The summed E-state index contributed by atoms with van der Waals surface area (Å²) in [5.74, 6) is 6.15. The fourth-order valence-corrected chi connectivity index (χ4v) is 2.35. The average molecular weight is 479 g/mol. The van der Waals surface area contributed by atoms with Gasteiger partial charge in [-0.25, -0.2) is 10.9 Å². The second-order valence-electron chi connectivity index (χ2n) is 6.78. The van der Waals surface area contributed by atoms with Gasteiger partial charge in [0, 0.05) is 0 Å². The molecule has 34 heavy (non-hydrogen) atoms. The van der Waals surface area contributed by atoms with Gasteiger partial charge in [-0.2, -0.15) is 0 Å². The Kier molecular flexibility index (Phi) is 15.7.